The summed E-state index contributed by atoms with van der Waals surface area (Å²) in [4.78, 5) is 12.3. The third kappa shape index (κ3) is 3.12. The number of carbonyl (C=O) groups excluding carboxylic acids is 1. The minimum Gasteiger partial charge on any atom is -0.435 e. The van der Waals surface area contributed by atoms with Crippen molar-refractivity contribution < 1.29 is 18.3 Å². The van der Waals surface area contributed by atoms with Crippen LogP contribution in [0.1, 0.15) is 21.5 Å². The lowest BCUT2D eigenvalue weighted by Crippen LogP contribution is -2.05. The maximum Gasteiger partial charge on any atom is 0.387 e. The van der Waals surface area contributed by atoms with Crippen LogP contribution in [0.15, 0.2) is 42.5 Å². The fourth-order valence-corrected chi connectivity index (χ4v) is 1.88. The molecule has 0 aliphatic carbocycles. The van der Waals surface area contributed by atoms with E-state index >= 15 is 0 Å². The molecule has 0 fully saturated rings. The van der Waals surface area contributed by atoms with Gasteiger partial charge in [0.05, 0.1) is 0 Å². The first-order valence-corrected chi connectivity index (χ1v) is 5.93. The SMILES string of the molecule is Cc1cc(N)ccc1C(=O)c1ccc(OC(F)F)cc1. The molecule has 0 saturated heterocycles. The Hall–Kier alpha value is -2.43. The summed E-state index contributed by atoms with van der Waals surface area (Å²) < 4.78 is 28.3. The summed E-state index contributed by atoms with van der Waals surface area (Å²) in [6.45, 7) is -1.09. The minimum atomic E-state index is -2.88. The summed E-state index contributed by atoms with van der Waals surface area (Å²) in [7, 11) is 0. The van der Waals surface area contributed by atoms with Crippen molar-refractivity contribution in [3.8, 4) is 5.75 Å². The van der Waals surface area contributed by atoms with Crippen molar-refractivity contribution in [2.45, 2.75) is 13.5 Å². The summed E-state index contributed by atoms with van der Waals surface area (Å²) in [6, 6.07) is 10.6. The van der Waals surface area contributed by atoms with Crippen molar-refractivity contribution in [3.05, 3.63) is 59.2 Å². The number of ketones is 1. The van der Waals surface area contributed by atoms with Gasteiger partial charge in [-0.05, 0) is 55.0 Å². The average Bonchev–Trinajstić information content (AvgIpc) is 2.38. The third-order valence-corrected chi connectivity index (χ3v) is 2.84. The zero-order chi connectivity index (χ0) is 14.7. The van der Waals surface area contributed by atoms with Gasteiger partial charge in [-0.25, -0.2) is 0 Å². The number of anilines is 1. The van der Waals surface area contributed by atoms with Crippen molar-refractivity contribution in [1.29, 1.82) is 0 Å². The maximum atomic E-state index is 12.3. The maximum absolute atomic E-state index is 12.3. The number of halogens is 2. The minimum absolute atomic E-state index is 0.0191. The summed E-state index contributed by atoms with van der Waals surface area (Å²) in [5.41, 5.74) is 7.92. The Morgan fingerprint density at radius 1 is 1.15 bits per heavy atom. The van der Waals surface area contributed by atoms with E-state index in [1.165, 1.54) is 24.3 Å². The number of hydrogen-bond donors (Lipinski definition) is 1. The number of alkyl halides is 2. The van der Waals surface area contributed by atoms with E-state index in [-0.39, 0.29) is 11.5 Å². The van der Waals surface area contributed by atoms with E-state index in [1.54, 1.807) is 25.1 Å². The Kier molecular flexibility index (Phi) is 3.98. The van der Waals surface area contributed by atoms with E-state index in [0.29, 0.717) is 16.8 Å². The van der Waals surface area contributed by atoms with Gasteiger partial charge in [0.25, 0.3) is 0 Å². The zero-order valence-electron chi connectivity index (χ0n) is 10.8. The number of ether oxygens (including phenoxy) is 1. The lowest BCUT2D eigenvalue weighted by Gasteiger charge is -2.07. The Bertz CT molecular complexity index is 624. The van der Waals surface area contributed by atoms with Gasteiger partial charge in [-0.1, -0.05) is 0 Å². The predicted octanol–water partition coefficient (Wildman–Crippen LogP) is 3.41. The first-order valence-electron chi connectivity index (χ1n) is 5.93. The number of carbonyl (C=O) groups is 1. The second kappa shape index (κ2) is 5.69. The fraction of sp³-hybridized carbons (Fsp3) is 0.133. The molecule has 0 aliphatic heterocycles. The van der Waals surface area contributed by atoms with Crippen LogP contribution in [0.3, 0.4) is 0 Å². The Balaban J connectivity index is 2.25. The fourth-order valence-electron chi connectivity index (χ4n) is 1.88. The second-order valence-corrected chi connectivity index (χ2v) is 4.31. The van der Waals surface area contributed by atoms with Crippen LogP contribution in [0, 0.1) is 6.92 Å². The van der Waals surface area contributed by atoms with Crippen LogP contribution in [-0.2, 0) is 0 Å². The largest absolute Gasteiger partial charge is 0.435 e. The smallest absolute Gasteiger partial charge is 0.387 e. The van der Waals surface area contributed by atoms with E-state index in [1.807, 2.05) is 0 Å². The Morgan fingerprint density at radius 3 is 2.35 bits per heavy atom. The third-order valence-electron chi connectivity index (χ3n) is 2.84. The Labute approximate surface area is 115 Å². The second-order valence-electron chi connectivity index (χ2n) is 4.31. The number of nitrogen functional groups attached to an aromatic ring is 1. The van der Waals surface area contributed by atoms with Gasteiger partial charge in [-0.2, -0.15) is 8.78 Å². The monoisotopic (exact) mass is 277 g/mol. The van der Waals surface area contributed by atoms with Crippen LogP contribution in [0.25, 0.3) is 0 Å². The molecule has 0 radical (unpaired) electrons. The zero-order valence-corrected chi connectivity index (χ0v) is 10.8. The molecular formula is C15H13F2NO2. The standard InChI is InChI=1S/C15H13F2NO2/c1-9-8-11(18)4-7-13(9)14(19)10-2-5-12(6-3-10)20-15(16)17/h2-8,15H,18H2,1H3. The number of benzene rings is 2. The first kappa shape index (κ1) is 14.0. The van der Waals surface area contributed by atoms with Crippen LogP contribution >= 0.6 is 0 Å². The number of nitrogens with two attached hydrogens (primary N) is 1. The van der Waals surface area contributed by atoms with Gasteiger partial charge in [-0.15, -0.1) is 0 Å². The highest BCUT2D eigenvalue weighted by Crippen LogP contribution is 2.20. The van der Waals surface area contributed by atoms with Gasteiger partial charge < -0.3 is 10.5 Å². The topological polar surface area (TPSA) is 52.3 Å². The molecule has 0 aromatic heterocycles. The first-order chi connectivity index (χ1) is 9.47. The molecule has 2 N–H and O–H groups in total. The van der Waals surface area contributed by atoms with Gasteiger partial charge in [0.1, 0.15) is 5.75 Å². The van der Waals surface area contributed by atoms with Gasteiger partial charge in [0.2, 0.25) is 0 Å². The number of aryl methyl sites for hydroxylation is 1. The van der Waals surface area contributed by atoms with Crippen molar-refractivity contribution in [2.75, 3.05) is 5.73 Å². The van der Waals surface area contributed by atoms with E-state index in [9.17, 15) is 13.6 Å². The van der Waals surface area contributed by atoms with E-state index in [2.05, 4.69) is 4.74 Å². The lowest BCUT2D eigenvalue weighted by atomic mass is 9.98. The highest BCUT2D eigenvalue weighted by atomic mass is 19.3. The van der Waals surface area contributed by atoms with Gasteiger partial charge >= 0.3 is 6.61 Å². The van der Waals surface area contributed by atoms with Crippen LogP contribution in [0.2, 0.25) is 0 Å². The Morgan fingerprint density at radius 2 is 1.80 bits per heavy atom. The molecule has 5 heteroatoms. The molecule has 0 bridgehead atoms. The summed E-state index contributed by atoms with van der Waals surface area (Å²) in [6.07, 6.45) is 0. The highest BCUT2D eigenvalue weighted by molar-refractivity contribution is 6.10. The quantitative estimate of drug-likeness (QED) is 0.688. The van der Waals surface area contributed by atoms with E-state index in [0.717, 1.165) is 5.56 Å². The molecule has 0 saturated carbocycles. The summed E-state index contributed by atoms with van der Waals surface area (Å²) in [5, 5.41) is 0. The molecule has 0 spiro atoms. The molecule has 0 heterocycles. The van der Waals surface area contributed by atoms with Crippen LogP contribution in [0.5, 0.6) is 5.75 Å². The molecule has 104 valence electrons. The van der Waals surface area contributed by atoms with Crippen LogP contribution in [0.4, 0.5) is 14.5 Å². The molecule has 0 atom stereocenters. The average molecular weight is 277 g/mol. The molecule has 0 amide bonds. The normalized spacial score (nSPS) is 10.6. The molecule has 2 rings (SSSR count). The number of rotatable bonds is 4. The summed E-state index contributed by atoms with van der Waals surface area (Å²) >= 11 is 0. The molecular weight excluding hydrogens is 264 g/mol. The van der Waals surface area contributed by atoms with Crippen LogP contribution in [-0.4, -0.2) is 12.4 Å². The van der Waals surface area contributed by atoms with E-state index < -0.39 is 6.61 Å². The molecule has 0 aliphatic rings. The van der Waals surface area contributed by atoms with Crippen LogP contribution < -0.4 is 10.5 Å². The molecule has 3 nitrogen and oxygen atoms in total. The van der Waals surface area contributed by atoms with Crippen molar-refractivity contribution in [1.82, 2.24) is 0 Å². The molecule has 0 unspecified atom stereocenters. The summed E-state index contributed by atoms with van der Waals surface area (Å²) in [5.74, 6) is -0.170. The number of hydrogen-bond acceptors (Lipinski definition) is 3. The molecule has 2 aromatic carbocycles. The van der Waals surface area contributed by atoms with Gasteiger partial charge in [-0.3, -0.25) is 4.79 Å². The van der Waals surface area contributed by atoms with Crippen molar-refractivity contribution in [2.24, 2.45) is 0 Å². The molecule has 20 heavy (non-hydrogen) atoms. The lowest BCUT2D eigenvalue weighted by molar-refractivity contribution is -0.0498. The van der Waals surface area contributed by atoms with E-state index in [4.69, 9.17) is 5.73 Å². The molecule has 2 aromatic rings. The highest BCUT2D eigenvalue weighted by Gasteiger charge is 2.12. The predicted molar refractivity (Wildman–Crippen MR) is 72.1 cm³/mol. The van der Waals surface area contributed by atoms with Crippen molar-refractivity contribution in [3.63, 3.8) is 0 Å². The van der Waals surface area contributed by atoms with Crippen molar-refractivity contribution >= 4 is 11.5 Å². The van der Waals surface area contributed by atoms with Gasteiger partial charge in [0.15, 0.2) is 5.78 Å². The van der Waals surface area contributed by atoms with Gasteiger partial charge in [0, 0.05) is 16.8 Å².